The molecule has 5 aromatic rings. The van der Waals surface area contributed by atoms with E-state index in [4.69, 9.17) is 33.2 Å². The van der Waals surface area contributed by atoms with Crippen LogP contribution in [0.5, 0.6) is 0 Å². The summed E-state index contributed by atoms with van der Waals surface area (Å²) < 4.78 is 2.06. The Balaban J connectivity index is 0.000000164. The maximum atomic E-state index is 12.8. The molecule has 3 aromatic heterocycles. The average Bonchev–Trinajstić information content (AvgIpc) is 3.46. The van der Waals surface area contributed by atoms with Gasteiger partial charge in [-0.2, -0.15) is 0 Å². The number of hydrogen-bond donors (Lipinski definition) is 1. The van der Waals surface area contributed by atoms with Gasteiger partial charge in [0, 0.05) is 96.1 Å². The zero-order chi connectivity index (χ0) is 37.9. The summed E-state index contributed by atoms with van der Waals surface area (Å²) in [7, 11) is 0. The maximum absolute atomic E-state index is 12.8. The Morgan fingerprint density at radius 3 is 1.73 bits per heavy atom. The van der Waals surface area contributed by atoms with Crippen LogP contribution < -0.4 is 5.32 Å². The lowest BCUT2D eigenvalue weighted by Gasteiger charge is -2.40. The number of benzene rings is 2. The number of amides is 1. The summed E-state index contributed by atoms with van der Waals surface area (Å²) in [6.07, 6.45) is 11.6. The smallest absolute Gasteiger partial charge is 0.227 e. The van der Waals surface area contributed by atoms with Crippen molar-refractivity contribution in [3.8, 4) is 0 Å². The van der Waals surface area contributed by atoms with Crippen LogP contribution in [-0.4, -0.2) is 87.9 Å². The molecular weight excluding hydrogens is 861 g/mol. The number of nitrogens with zero attached hydrogens (tertiary/aromatic N) is 6. The molecule has 0 bridgehead atoms. The minimum absolute atomic E-state index is 0.0726. The Morgan fingerprint density at radius 2 is 1.20 bits per heavy atom. The SMILES string of the molecule is Clc1ccc2c(c1)CCc1cc(Br)cnc1C2N1CCNCC1.O=C(Cc1cccnc1)N1CCN(C2c3ccc(Cl)cc3CCc3cc(Br)cnc32)CC1. The molecule has 2 saturated heterocycles. The highest BCUT2D eigenvalue weighted by Crippen LogP contribution is 2.39. The van der Waals surface area contributed by atoms with E-state index in [0.717, 1.165) is 95.2 Å². The van der Waals surface area contributed by atoms with E-state index in [2.05, 4.69) is 88.4 Å². The molecule has 5 heterocycles. The fourth-order valence-corrected chi connectivity index (χ4v) is 9.67. The highest BCUT2D eigenvalue weighted by Gasteiger charge is 2.34. The molecule has 2 atom stereocenters. The summed E-state index contributed by atoms with van der Waals surface area (Å²) in [5.41, 5.74) is 11.2. The number of fused-ring (bicyclic) bond motifs is 4. The Hall–Kier alpha value is -3.22. The zero-order valence-corrected chi connectivity index (χ0v) is 35.2. The second kappa shape index (κ2) is 17.5. The molecule has 2 fully saturated rings. The molecule has 12 heteroatoms. The van der Waals surface area contributed by atoms with E-state index in [-0.39, 0.29) is 18.0 Å². The van der Waals surface area contributed by atoms with Gasteiger partial charge in [-0.3, -0.25) is 29.5 Å². The van der Waals surface area contributed by atoms with E-state index >= 15 is 0 Å². The molecule has 2 unspecified atom stereocenters. The number of carbonyl (C=O) groups is 1. The van der Waals surface area contributed by atoms with Crippen molar-refractivity contribution in [2.24, 2.45) is 0 Å². The number of hydrogen-bond acceptors (Lipinski definition) is 7. The summed E-state index contributed by atoms with van der Waals surface area (Å²) in [5, 5.41) is 5.04. The quantitative estimate of drug-likeness (QED) is 0.196. The predicted octanol–water partition coefficient (Wildman–Crippen LogP) is 8.06. The van der Waals surface area contributed by atoms with Gasteiger partial charge < -0.3 is 10.2 Å². The summed E-state index contributed by atoms with van der Waals surface area (Å²) >= 11 is 19.7. The first kappa shape index (κ1) is 38.6. The minimum Gasteiger partial charge on any atom is -0.340 e. The van der Waals surface area contributed by atoms with E-state index in [1.165, 1.54) is 39.1 Å². The number of halogens is 4. The average molecular weight is 905 g/mol. The third-order valence-corrected chi connectivity index (χ3v) is 12.5. The lowest BCUT2D eigenvalue weighted by atomic mass is 9.96. The van der Waals surface area contributed by atoms with Crippen molar-refractivity contribution in [3.05, 3.63) is 155 Å². The van der Waals surface area contributed by atoms with Crippen molar-refractivity contribution in [1.82, 2.24) is 35.0 Å². The largest absolute Gasteiger partial charge is 0.340 e. The first-order valence-corrected chi connectivity index (χ1v) is 21.4. The second-order valence-electron chi connectivity index (χ2n) is 14.6. The van der Waals surface area contributed by atoms with Crippen molar-refractivity contribution in [2.45, 2.75) is 44.2 Å². The van der Waals surface area contributed by atoms with Gasteiger partial charge in [0.1, 0.15) is 0 Å². The molecule has 2 aliphatic carbocycles. The predicted molar refractivity (Wildman–Crippen MR) is 226 cm³/mol. The molecular formula is C43H43Br2Cl2N7O. The van der Waals surface area contributed by atoms with Crippen molar-refractivity contribution in [1.29, 1.82) is 0 Å². The third-order valence-electron chi connectivity index (χ3n) is 11.2. The molecule has 4 aliphatic rings. The topological polar surface area (TPSA) is 77.5 Å². The zero-order valence-electron chi connectivity index (χ0n) is 30.5. The van der Waals surface area contributed by atoms with Crippen molar-refractivity contribution in [2.75, 3.05) is 52.4 Å². The van der Waals surface area contributed by atoms with Crippen molar-refractivity contribution >= 4 is 61.0 Å². The van der Waals surface area contributed by atoms with Crippen molar-refractivity contribution in [3.63, 3.8) is 0 Å². The van der Waals surface area contributed by atoms with Gasteiger partial charge in [0.25, 0.3) is 0 Å². The third kappa shape index (κ3) is 8.86. The molecule has 0 radical (unpaired) electrons. The lowest BCUT2D eigenvalue weighted by Crippen LogP contribution is -2.50. The van der Waals surface area contributed by atoms with Crippen LogP contribution in [0.15, 0.2) is 94.4 Å². The number of pyridine rings is 3. The number of piperazine rings is 2. The first-order chi connectivity index (χ1) is 26.8. The fourth-order valence-electron chi connectivity index (χ4n) is 8.52. The molecule has 0 saturated carbocycles. The summed E-state index contributed by atoms with van der Waals surface area (Å²) in [5.74, 6) is 0.160. The molecule has 2 aromatic carbocycles. The summed E-state index contributed by atoms with van der Waals surface area (Å²) in [4.78, 5) is 33.6. The number of carbonyl (C=O) groups excluding carboxylic acids is 1. The molecule has 8 nitrogen and oxygen atoms in total. The van der Waals surface area contributed by atoms with Gasteiger partial charge in [0.15, 0.2) is 0 Å². The van der Waals surface area contributed by atoms with Gasteiger partial charge in [-0.25, -0.2) is 0 Å². The Kier molecular flexibility index (Phi) is 12.3. The number of aromatic nitrogens is 3. The molecule has 1 N–H and O–H groups in total. The van der Waals surface area contributed by atoms with Gasteiger partial charge in [0.2, 0.25) is 5.91 Å². The normalized spacial score (nSPS) is 19.7. The molecule has 55 heavy (non-hydrogen) atoms. The van der Waals surface area contributed by atoms with E-state index in [9.17, 15) is 4.79 Å². The number of aryl methyl sites for hydroxylation is 4. The molecule has 1 amide bonds. The van der Waals surface area contributed by atoms with Gasteiger partial charge >= 0.3 is 0 Å². The maximum Gasteiger partial charge on any atom is 0.227 e. The van der Waals surface area contributed by atoms with Crippen LogP contribution in [0.25, 0.3) is 0 Å². The van der Waals surface area contributed by atoms with Gasteiger partial charge in [-0.05, 0) is 139 Å². The van der Waals surface area contributed by atoms with Crippen LogP contribution in [0, 0.1) is 0 Å². The van der Waals surface area contributed by atoms with Crippen molar-refractivity contribution < 1.29 is 4.79 Å². The Bertz CT molecular complexity index is 2050. The van der Waals surface area contributed by atoms with E-state index in [0.29, 0.717) is 19.5 Å². The number of nitrogens with one attached hydrogen (secondary N) is 1. The minimum atomic E-state index is 0.0726. The van der Waals surface area contributed by atoms with Gasteiger partial charge in [-0.1, -0.05) is 41.4 Å². The highest BCUT2D eigenvalue weighted by molar-refractivity contribution is 9.10. The van der Waals surface area contributed by atoms with Crippen LogP contribution in [0.2, 0.25) is 10.0 Å². The van der Waals surface area contributed by atoms with Gasteiger partial charge in [0.05, 0.1) is 29.9 Å². The monoisotopic (exact) mass is 901 g/mol. The first-order valence-electron chi connectivity index (χ1n) is 19.0. The molecule has 284 valence electrons. The van der Waals surface area contributed by atoms with Crippen LogP contribution in [0.4, 0.5) is 0 Å². The van der Waals surface area contributed by atoms with Crippen LogP contribution >= 0.6 is 55.1 Å². The Morgan fingerprint density at radius 1 is 0.673 bits per heavy atom. The van der Waals surface area contributed by atoms with E-state index in [1.807, 2.05) is 41.6 Å². The highest BCUT2D eigenvalue weighted by atomic mass is 79.9. The molecule has 2 aliphatic heterocycles. The van der Waals surface area contributed by atoms with Crippen LogP contribution in [0.1, 0.15) is 62.4 Å². The summed E-state index contributed by atoms with van der Waals surface area (Å²) in [6, 6.07) is 21.1. The molecule has 9 rings (SSSR count). The Labute approximate surface area is 349 Å². The van der Waals surface area contributed by atoms with Crippen LogP contribution in [0.3, 0.4) is 0 Å². The second-order valence-corrected chi connectivity index (χ2v) is 17.3. The van der Waals surface area contributed by atoms with E-state index in [1.54, 1.807) is 12.4 Å². The standard InChI is InChI=1S/C25H24BrClN4O.C18H19BrClN3/c26-20-13-19-4-3-18-14-21(27)5-6-22(18)25(24(19)29-16-20)31-10-8-30(9-11-31)23(32)12-17-2-1-7-28-15-17;19-14-9-13-2-1-12-10-15(20)3-4-16(12)18(17(13)22-11-14)23-7-5-21-6-8-23/h1-2,5-7,13-16,25H,3-4,8-12H2;3-4,9-11,18,21H,1-2,5-8H2. The summed E-state index contributed by atoms with van der Waals surface area (Å²) in [6.45, 7) is 7.20. The molecule has 0 spiro atoms. The van der Waals surface area contributed by atoms with E-state index < -0.39 is 0 Å². The lowest BCUT2D eigenvalue weighted by molar-refractivity contribution is -0.132. The van der Waals surface area contributed by atoms with Gasteiger partial charge in [-0.15, -0.1) is 0 Å². The van der Waals surface area contributed by atoms with Crippen LogP contribution in [-0.2, 0) is 36.9 Å². The number of rotatable bonds is 4. The fraction of sp³-hybridized carbons (Fsp3) is 0.349.